The number of rotatable bonds is 4. The summed E-state index contributed by atoms with van der Waals surface area (Å²) in [5, 5.41) is 4.53. The van der Waals surface area contributed by atoms with Crippen molar-refractivity contribution < 1.29 is 4.79 Å². The van der Waals surface area contributed by atoms with Crippen molar-refractivity contribution in [2.45, 2.75) is 23.0 Å². The molecular weight excluding hydrogens is 344 g/mol. The molecule has 0 spiro atoms. The lowest BCUT2D eigenvalue weighted by molar-refractivity contribution is -0.127. The van der Waals surface area contributed by atoms with E-state index in [9.17, 15) is 4.79 Å². The predicted octanol–water partition coefficient (Wildman–Crippen LogP) is 2.56. The Morgan fingerprint density at radius 3 is 2.50 bits per heavy atom. The van der Waals surface area contributed by atoms with Crippen molar-refractivity contribution in [1.29, 1.82) is 0 Å². The third-order valence-electron chi connectivity index (χ3n) is 3.97. The van der Waals surface area contributed by atoms with Crippen molar-refractivity contribution in [1.82, 2.24) is 15.1 Å². The van der Waals surface area contributed by atoms with Gasteiger partial charge in [0.25, 0.3) is 0 Å². The quantitative estimate of drug-likeness (QED) is 0.655. The molecule has 1 saturated heterocycles. The highest BCUT2D eigenvalue weighted by molar-refractivity contribution is 8.00. The second-order valence-corrected chi connectivity index (χ2v) is 7.76. The van der Waals surface area contributed by atoms with Crippen molar-refractivity contribution in [2.24, 2.45) is 4.99 Å². The average molecular weight is 369 g/mol. The topological polar surface area (TPSA) is 47.9 Å². The molecule has 0 radical (unpaired) electrons. The monoisotopic (exact) mass is 368 g/mol. The maximum atomic E-state index is 11.7. The summed E-state index contributed by atoms with van der Waals surface area (Å²) in [6, 6.07) is 8.03. The molecule has 0 aromatic heterocycles. The van der Waals surface area contributed by atoms with E-state index in [1.54, 1.807) is 26.0 Å². The van der Waals surface area contributed by atoms with E-state index in [-0.39, 0.29) is 12.5 Å². The van der Waals surface area contributed by atoms with Gasteiger partial charge in [0.05, 0.1) is 6.54 Å². The summed E-state index contributed by atoms with van der Waals surface area (Å²) in [5.41, 5.74) is 0. The van der Waals surface area contributed by atoms with Crippen LogP contribution >= 0.6 is 23.4 Å². The van der Waals surface area contributed by atoms with Crippen LogP contribution in [-0.4, -0.2) is 67.7 Å². The number of hydrogen-bond donors (Lipinski definition) is 1. The van der Waals surface area contributed by atoms with E-state index in [1.807, 2.05) is 23.9 Å². The van der Waals surface area contributed by atoms with Gasteiger partial charge in [-0.05, 0) is 37.1 Å². The largest absolute Gasteiger partial charge is 0.347 e. The molecule has 5 nitrogen and oxygen atoms in total. The molecule has 0 aliphatic carbocycles. The van der Waals surface area contributed by atoms with Gasteiger partial charge >= 0.3 is 0 Å². The van der Waals surface area contributed by atoms with Gasteiger partial charge in [0.1, 0.15) is 0 Å². The summed E-state index contributed by atoms with van der Waals surface area (Å²) in [7, 11) is 5.27. The zero-order valence-electron chi connectivity index (χ0n) is 14.5. The minimum absolute atomic E-state index is 0.0457. The highest BCUT2D eigenvalue weighted by Crippen LogP contribution is 2.31. The van der Waals surface area contributed by atoms with E-state index >= 15 is 0 Å². The SMILES string of the molecule is CN=C(NCC(=O)N(C)C)N1CCC(Sc2ccc(Cl)cc2)CC1. The summed E-state index contributed by atoms with van der Waals surface area (Å²) < 4.78 is 0. The number of carbonyl (C=O) groups excluding carboxylic acids is 1. The van der Waals surface area contributed by atoms with Gasteiger partial charge in [0, 0.05) is 49.4 Å². The molecule has 1 amide bonds. The maximum Gasteiger partial charge on any atom is 0.241 e. The lowest BCUT2D eigenvalue weighted by Gasteiger charge is -2.34. The number of piperidine rings is 1. The Hall–Kier alpha value is -1.40. The maximum absolute atomic E-state index is 11.7. The number of hydrogen-bond acceptors (Lipinski definition) is 3. The molecular formula is C17H25ClN4OS. The highest BCUT2D eigenvalue weighted by atomic mass is 35.5. The number of likely N-dealkylation sites (tertiary alicyclic amines) is 1. The van der Waals surface area contributed by atoms with Gasteiger partial charge in [-0.15, -0.1) is 11.8 Å². The average Bonchev–Trinajstić information content (AvgIpc) is 2.58. The first kappa shape index (κ1) is 18.9. The van der Waals surface area contributed by atoms with Gasteiger partial charge < -0.3 is 15.1 Å². The molecule has 1 aliphatic rings. The van der Waals surface area contributed by atoms with Crippen LogP contribution in [0.5, 0.6) is 0 Å². The van der Waals surface area contributed by atoms with Crippen LogP contribution in [0.25, 0.3) is 0 Å². The summed E-state index contributed by atoms with van der Waals surface area (Å²) in [6.45, 7) is 2.17. The number of carbonyl (C=O) groups is 1. The number of likely N-dealkylation sites (N-methyl/N-ethyl adjacent to an activating group) is 1. The fourth-order valence-corrected chi connectivity index (χ4v) is 3.79. The van der Waals surface area contributed by atoms with Crippen LogP contribution in [-0.2, 0) is 4.79 Å². The van der Waals surface area contributed by atoms with Crippen molar-refractivity contribution in [2.75, 3.05) is 40.8 Å². The molecule has 1 aromatic rings. The first-order valence-electron chi connectivity index (χ1n) is 8.07. The van der Waals surface area contributed by atoms with E-state index in [2.05, 4.69) is 27.3 Å². The highest BCUT2D eigenvalue weighted by Gasteiger charge is 2.22. The predicted molar refractivity (Wildman–Crippen MR) is 102 cm³/mol. The van der Waals surface area contributed by atoms with Crippen LogP contribution in [0, 0.1) is 0 Å². The normalized spacial score (nSPS) is 16.2. The molecule has 1 N–H and O–H groups in total. The van der Waals surface area contributed by atoms with E-state index in [0.717, 1.165) is 36.9 Å². The van der Waals surface area contributed by atoms with Gasteiger partial charge in [-0.25, -0.2) is 0 Å². The van der Waals surface area contributed by atoms with Crippen molar-refractivity contribution >= 4 is 35.2 Å². The zero-order chi connectivity index (χ0) is 17.5. The first-order valence-corrected chi connectivity index (χ1v) is 9.33. The van der Waals surface area contributed by atoms with Crippen LogP contribution in [0.4, 0.5) is 0 Å². The number of aliphatic imine (C=N–C) groups is 1. The van der Waals surface area contributed by atoms with Crippen LogP contribution in [0.3, 0.4) is 0 Å². The smallest absolute Gasteiger partial charge is 0.241 e. The Morgan fingerprint density at radius 2 is 1.96 bits per heavy atom. The summed E-state index contributed by atoms with van der Waals surface area (Å²) in [5.74, 6) is 0.851. The van der Waals surface area contributed by atoms with Gasteiger partial charge in [0.2, 0.25) is 5.91 Å². The third-order valence-corrected chi connectivity index (χ3v) is 5.57. The summed E-state index contributed by atoms with van der Waals surface area (Å²) in [6.07, 6.45) is 2.19. The number of guanidine groups is 1. The number of thioether (sulfide) groups is 1. The van der Waals surface area contributed by atoms with Crippen LogP contribution < -0.4 is 5.32 Å². The van der Waals surface area contributed by atoms with Crippen LogP contribution in [0.2, 0.25) is 5.02 Å². The molecule has 132 valence electrons. The summed E-state index contributed by atoms with van der Waals surface area (Å²) in [4.78, 5) is 21.1. The van der Waals surface area contributed by atoms with Gasteiger partial charge in [-0.1, -0.05) is 11.6 Å². The lowest BCUT2D eigenvalue weighted by atomic mass is 10.1. The van der Waals surface area contributed by atoms with Crippen LogP contribution in [0.15, 0.2) is 34.2 Å². The van der Waals surface area contributed by atoms with Gasteiger partial charge in [-0.3, -0.25) is 9.79 Å². The second-order valence-electron chi connectivity index (χ2n) is 5.95. The molecule has 0 unspecified atom stereocenters. The van der Waals surface area contributed by atoms with E-state index in [4.69, 9.17) is 11.6 Å². The van der Waals surface area contributed by atoms with Crippen molar-refractivity contribution in [3.05, 3.63) is 29.3 Å². The fourth-order valence-electron chi connectivity index (χ4n) is 2.54. The molecule has 24 heavy (non-hydrogen) atoms. The lowest BCUT2D eigenvalue weighted by Crippen LogP contribution is -2.48. The second kappa shape index (κ2) is 9.18. The number of nitrogens with zero attached hydrogens (tertiary/aromatic N) is 3. The number of benzene rings is 1. The molecule has 0 saturated carbocycles. The summed E-state index contributed by atoms with van der Waals surface area (Å²) >= 11 is 7.84. The Morgan fingerprint density at radius 1 is 1.33 bits per heavy atom. The standard InChI is InChI=1S/C17H25ClN4OS/c1-19-17(20-12-16(23)21(2)3)22-10-8-15(9-11-22)24-14-6-4-13(18)5-7-14/h4-7,15H,8-12H2,1-3H3,(H,19,20). The molecule has 1 heterocycles. The van der Waals surface area contributed by atoms with E-state index < -0.39 is 0 Å². The van der Waals surface area contributed by atoms with Crippen LogP contribution in [0.1, 0.15) is 12.8 Å². The Balaban J connectivity index is 1.80. The molecule has 1 aliphatic heterocycles. The Kier molecular flexibility index (Phi) is 7.24. The van der Waals surface area contributed by atoms with Gasteiger partial charge in [-0.2, -0.15) is 0 Å². The van der Waals surface area contributed by atoms with E-state index in [1.165, 1.54) is 4.90 Å². The van der Waals surface area contributed by atoms with E-state index in [0.29, 0.717) is 5.25 Å². The Labute approximate surface area is 153 Å². The molecule has 0 bridgehead atoms. The van der Waals surface area contributed by atoms with Gasteiger partial charge in [0.15, 0.2) is 5.96 Å². The third kappa shape index (κ3) is 5.60. The molecule has 7 heteroatoms. The molecule has 1 fully saturated rings. The zero-order valence-corrected chi connectivity index (χ0v) is 16.0. The number of amides is 1. The van der Waals surface area contributed by atoms with Crippen molar-refractivity contribution in [3.8, 4) is 0 Å². The minimum Gasteiger partial charge on any atom is -0.347 e. The molecule has 2 rings (SSSR count). The first-order chi connectivity index (χ1) is 11.5. The molecule has 1 aromatic carbocycles. The number of halogens is 1. The molecule has 0 atom stereocenters. The Bertz CT molecular complexity index is 568. The number of nitrogens with one attached hydrogen (secondary N) is 1. The fraction of sp³-hybridized carbons (Fsp3) is 0.529. The van der Waals surface area contributed by atoms with Crippen molar-refractivity contribution in [3.63, 3.8) is 0 Å². The minimum atomic E-state index is 0.0457.